The van der Waals surface area contributed by atoms with Crippen molar-refractivity contribution >= 4 is 23.8 Å². The van der Waals surface area contributed by atoms with Crippen molar-refractivity contribution in [2.24, 2.45) is 0 Å². The minimum absolute atomic E-state index is 0.0628. The average molecular weight is 519 g/mol. The maximum absolute atomic E-state index is 13.1. The molecule has 6 nitrogen and oxygen atoms in total. The predicted octanol–water partition coefficient (Wildman–Crippen LogP) is 6.76. The van der Waals surface area contributed by atoms with Gasteiger partial charge in [0.2, 0.25) is 0 Å². The van der Waals surface area contributed by atoms with Gasteiger partial charge >= 0.3 is 0 Å². The zero-order valence-corrected chi connectivity index (χ0v) is 24.2. The highest BCUT2D eigenvalue weighted by Gasteiger charge is 2.17. The van der Waals surface area contributed by atoms with Crippen molar-refractivity contribution in [2.45, 2.75) is 47.5 Å². The first-order valence-corrected chi connectivity index (χ1v) is 13.2. The summed E-state index contributed by atoms with van der Waals surface area (Å²) in [5.74, 6) is 2.19. The van der Waals surface area contributed by atoms with Gasteiger partial charge in [-0.1, -0.05) is 52.1 Å². The second kappa shape index (κ2) is 21.3. The van der Waals surface area contributed by atoms with Crippen molar-refractivity contribution in [1.29, 1.82) is 0 Å². The standard InChI is InChI=1S/C27H36N4O2.C3H4.C2H6/c1-6-17-31(27(32)25-14-13-22(7-2)23(8-3)29-25)20-12-16-28-24(15-21-33-5)26(9-4)30-18-10-11-19-30;1-3-2;1-2/h7-11,13-15,18-19,28H,2-3,6,12,16-17,20-21H2,1,4-5H3;1H,2H3;1-2H3/b24-15+,26-9+;;. The number of carbonyl (C=O) groups is 1. The van der Waals surface area contributed by atoms with Crippen LogP contribution < -0.4 is 5.32 Å². The van der Waals surface area contributed by atoms with Crippen LogP contribution in [0.25, 0.3) is 17.8 Å². The Morgan fingerprint density at radius 2 is 1.87 bits per heavy atom. The molecule has 1 N–H and O–H groups in total. The van der Waals surface area contributed by atoms with Crippen LogP contribution in [0.4, 0.5) is 0 Å². The summed E-state index contributed by atoms with van der Waals surface area (Å²) in [6.45, 7) is 19.9. The molecule has 0 aliphatic heterocycles. The molecule has 0 atom stereocenters. The maximum atomic E-state index is 13.1. The number of methoxy groups -OCH3 is 1. The van der Waals surface area contributed by atoms with E-state index in [-0.39, 0.29) is 5.91 Å². The Morgan fingerprint density at radius 3 is 2.39 bits per heavy atom. The van der Waals surface area contributed by atoms with E-state index in [0.717, 1.165) is 36.3 Å². The number of aromatic nitrogens is 2. The molecule has 1 amide bonds. The Morgan fingerprint density at radius 1 is 1.21 bits per heavy atom. The van der Waals surface area contributed by atoms with E-state index >= 15 is 0 Å². The fraction of sp³-hybridized carbons (Fsp3) is 0.375. The summed E-state index contributed by atoms with van der Waals surface area (Å²) in [4.78, 5) is 19.5. The first-order valence-electron chi connectivity index (χ1n) is 13.2. The van der Waals surface area contributed by atoms with Crippen LogP contribution in [0.1, 0.15) is 69.2 Å². The molecule has 0 bridgehead atoms. The molecule has 6 heteroatoms. The highest BCUT2D eigenvalue weighted by molar-refractivity contribution is 5.92. The summed E-state index contributed by atoms with van der Waals surface area (Å²) in [5.41, 5.74) is 4.03. The van der Waals surface area contributed by atoms with Gasteiger partial charge in [0, 0.05) is 39.1 Å². The van der Waals surface area contributed by atoms with Crippen molar-refractivity contribution in [3.05, 3.63) is 84.6 Å². The van der Waals surface area contributed by atoms with Gasteiger partial charge in [-0.05, 0) is 62.6 Å². The summed E-state index contributed by atoms with van der Waals surface area (Å²) >= 11 is 0. The second-order valence-corrected chi connectivity index (χ2v) is 7.78. The first kappa shape index (κ1) is 34.2. The lowest BCUT2D eigenvalue weighted by Crippen LogP contribution is -2.35. The summed E-state index contributed by atoms with van der Waals surface area (Å²) in [5, 5.41) is 3.52. The highest BCUT2D eigenvalue weighted by atomic mass is 16.5. The molecule has 2 aromatic rings. The van der Waals surface area contributed by atoms with E-state index in [1.54, 1.807) is 32.3 Å². The summed E-state index contributed by atoms with van der Waals surface area (Å²) in [7, 11) is 1.68. The summed E-state index contributed by atoms with van der Waals surface area (Å²) in [6, 6.07) is 7.62. The number of allylic oxidation sites excluding steroid dienone is 2. The molecular weight excluding hydrogens is 472 g/mol. The van der Waals surface area contributed by atoms with Gasteiger partial charge in [-0.3, -0.25) is 4.79 Å². The minimum atomic E-state index is -0.0628. The van der Waals surface area contributed by atoms with Crippen molar-refractivity contribution in [1.82, 2.24) is 19.8 Å². The molecular formula is C32H46N4O2. The molecule has 0 saturated heterocycles. The molecule has 0 aliphatic rings. The number of nitrogens with one attached hydrogen (secondary N) is 1. The van der Waals surface area contributed by atoms with E-state index < -0.39 is 0 Å². The molecule has 2 aromatic heterocycles. The van der Waals surface area contributed by atoms with Crippen LogP contribution in [-0.2, 0) is 4.74 Å². The van der Waals surface area contributed by atoms with E-state index in [9.17, 15) is 4.79 Å². The van der Waals surface area contributed by atoms with Gasteiger partial charge in [0.1, 0.15) is 5.69 Å². The third kappa shape index (κ3) is 11.5. The molecule has 0 saturated carbocycles. The minimum Gasteiger partial charge on any atom is -0.383 e. The van der Waals surface area contributed by atoms with E-state index in [4.69, 9.17) is 4.74 Å². The lowest BCUT2D eigenvalue weighted by molar-refractivity contribution is 0.0748. The van der Waals surface area contributed by atoms with Gasteiger partial charge in [-0.25, -0.2) is 4.98 Å². The maximum Gasteiger partial charge on any atom is 0.272 e. The van der Waals surface area contributed by atoms with Crippen LogP contribution in [0.15, 0.2) is 67.7 Å². The summed E-state index contributed by atoms with van der Waals surface area (Å²) in [6.07, 6.45) is 17.8. The zero-order chi connectivity index (χ0) is 28.8. The number of pyridine rings is 1. The number of ether oxygens (including phenoxy) is 1. The Hall–Kier alpha value is -3.82. The predicted molar refractivity (Wildman–Crippen MR) is 163 cm³/mol. The van der Waals surface area contributed by atoms with Crippen molar-refractivity contribution < 1.29 is 9.53 Å². The number of carbonyl (C=O) groups excluding carboxylic acids is 1. The quantitative estimate of drug-likeness (QED) is 0.171. The lowest BCUT2D eigenvalue weighted by Gasteiger charge is -2.23. The normalized spacial score (nSPS) is 10.7. The Kier molecular flexibility index (Phi) is 19.1. The molecule has 0 unspecified atom stereocenters. The summed E-state index contributed by atoms with van der Waals surface area (Å²) < 4.78 is 7.32. The molecule has 0 radical (unpaired) electrons. The van der Waals surface area contributed by atoms with Crippen molar-refractivity contribution in [3.8, 4) is 12.3 Å². The first-order chi connectivity index (χ1) is 18.5. The SMILES string of the molecule is C#CC.C=Cc1ccc(C(=O)N(CCC)CCCNC(=C/COC)/C(=C\C)n2cccc2)nc1C=C.CC. The van der Waals surface area contributed by atoms with Crippen LogP contribution in [0.2, 0.25) is 0 Å². The van der Waals surface area contributed by atoms with Gasteiger partial charge in [0.25, 0.3) is 5.91 Å². The molecule has 0 spiro atoms. The Bertz CT molecular complexity index is 1060. The van der Waals surface area contributed by atoms with Gasteiger partial charge in [0.05, 0.1) is 23.7 Å². The fourth-order valence-corrected chi connectivity index (χ4v) is 3.55. The van der Waals surface area contributed by atoms with Gasteiger partial charge in [-0.2, -0.15) is 0 Å². The smallest absolute Gasteiger partial charge is 0.272 e. The van der Waals surface area contributed by atoms with Crippen molar-refractivity contribution in [3.63, 3.8) is 0 Å². The van der Waals surface area contributed by atoms with Crippen LogP contribution in [0.5, 0.6) is 0 Å². The average Bonchev–Trinajstić information content (AvgIpc) is 3.48. The number of hydrogen-bond acceptors (Lipinski definition) is 4. The number of nitrogens with zero attached hydrogens (tertiary/aromatic N) is 3. The molecule has 38 heavy (non-hydrogen) atoms. The number of rotatable bonds is 14. The lowest BCUT2D eigenvalue weighted by atomic mass is 10.1. The highest BCUT2D eigenvalue weighted by Crippen LogP contribution is 2.15. The van der Waals surface area contributed by atoms with Crippen LogP contribution in [0.3, 0.4) is 0 Å². The van der Waals surface area contributed by atoms with E-state index in [1.807, 2.05) is 62.3 Å². The second-order valence-electron chi connectivity index (χ2n) is 7.78. The molecule has 0 fully saturated rings. The Labute approximate surface area is 230 Å². The van der Waals surface area contributed by atoms with Crippen LogP contribution in [-0.4, -0.2) is 53.7 Å². The Balaban J connectivity index is 0.00000255. The van der Waals surface area contributed by atoms with E-state index in [1.165, 1.54) is 0 Å². The molecule has 0 aromatic carbocycles. The van der Waals surface area contributed by atoms with E-state index in [0.29, 0.717) is 31.1 Å². The van der Waals surface area contributed by atoms with Crippen LogP contribution >= 0.6 is 0 Å². The third-order valence-corrected chi connectivity index (χ3v) is 5.18. The number of amides is 1. The number of terminal acetylenes is 1. The molecule has 206 valence electrons. The molecule has 0 aliphatic carbocycles. The molecule has 2 rings (SSSR count). The fourth-order valence-electron chi connectivity index (χ4n) is 3.55. The topological polar surface area (TPSA) is 59.4 Å². The zero-order valence-electron chi connectivity index (χ0n) is 24.2. The van der Waals surface area contributed by atoms with Gasteiger partial charge in [0.15, 0.2) is 0 Å². The number of hydrogen-bond donors (Lipinski definition) is 1. The monoisotopic (exact) mass is 518 g/mol. The van der Waals surface area contributed by atoms with Gasteiger partial charge in [-0.15, -0.1) is 12.3 Å². The third-order valence-electron chi connectivity index (χ3n) is 5.18. The largest absolute Gasteiger partial charge is 0.383 e. The van der Waals surface area contributed by atoms with Crippen LogP contribution in [0, 0.1) is 12.3 Å². The van der Waals surface area contributed by atoms with Gasteiger partial charge < -0.3 is 19.5 Å². The van der Waals surface area contributed by atoms with Crippen molar-refractivity contribution in [2.75, 3.05) is 33.4 Å². The van der Waals surface area contributed by atoms with E-state index in [2.05, 4.69) is 53.4 Å². The molecule has 2 heterocycles.